The standard InChI is InChI=1S/C79H137NO8/c1-3-5-7-9-11-13-15-17-19-21-23-25-27-29-31-32-33-34-35-36-37-38-39-40-41-42-43-45-47-49-51-53-55-57-59-61-63-65-67-69-75(83)80-72(71-87-79-78(86)77(85)76(84)74(70-81)88-79)73(82)68-66-64-62-60-58-56-54-52-50-48-46-44-30-28-26-24-22-20-18-16-14-12-10-8-6-4-2/h5,7,11,13,17,19,23,25,29,31,33-34,36-37,50,52,58,60,66,68,72-74,76-79,81-82,84-86H,3-4,6,8-10,12,14-16,18,20-22,24,26-28,30,32,35,38-49,51,53-57,59,61-65,67,69-71H2,1-2H3,(H,80,83)/b7-5-,13-11-,19-17-,25-23-,31-29-,34-33-,37-36-,52-50+,60-58+,68-66+. The monoisotopic (exact) mass is 1230 g/mol. The summed E-state index contributed by atoms with van der Waals surface area (Å²) in [6, 6.07) is -0.836. The number of carbonyl (C=O) groups excluding carboxylic acids is 1. The zero-order valence-corrected chi connectivity index (χ0v) is 56.7. The van der Waals surface area contributed by atoms with Crippen LogP contribution in [0.1, 0.15) is 316 Å². The lowest BCUT2D eigenvalue weighted by Gasteiger charge is -2.40. The minimum atomic E-state index is -1.58. The molecule has 0 aromatic carbocycles. The number of unbranched alkanes of at least 4 members (excludes halogenated alkanes) is 35. The van der Waals surface area contributed by atoms with Gasteiger partial charge in [-0.25, -0.2) is 0 Å². The molecule has 0 aromatic heterocycles. The molecule has 0 spiro atoms. The van der Waals surface area contributed by atoms with Crippen LogP contribution in [0.3, 0.4) is 0 Å². The second-order valence-electron chi connectivity index (χ2n) is 25.0. The lowest BCUT2D eigenvalue weighted by Crippen LogP contribution is -2.60. The molecule has 506 valence electrons. The van der Waals surface area contributed by atoms with Crippen molar-refractivity contribution in [2.24, 2.45) is 0 Å². The van der Waals surface area contributed by atoms with Crippen LogP contribution >= 0.6 is 0 Å². The average Bonchev–Trinajstić information content (AvgIpc) is 3.65. The fraction of sp³-hybridized carbons (Fsp3) is 0.734. The van der Waals surface area contributed by atoms with E-state index in [4.69, 9.17) is 9.47 Å². The molecule has 0 saturated carbocycles. The Labute approximate surface area is 541 Å². The zero-order chi connectivity index (χ0) is 63.5. The molecule has 1 aliphatic heterocycles. The van der Waals surface area contributed by atoms with Gasteiger partial charge in [-0.2, -0.15) is 0 Å². The SMILES string of the molecule is CC/C=C\C/C=C\C/C=C\C/C=C\C/C=C\C/C=C\C/C=C\CCCCCCCCCCCCCCCCCCCC(=O)NC(COC1OC(CO)C(O)C(O)C1O)C(O)/C=C/CC/C=C/CC/C=C/CCCCCCCCCCCCCCCCCC. The van der Waals surface area contributed by atoms with Crippen molar-refractivity contribution in [2.45, 2.75) is 358 Å². The van der Waals surface area contributed by atoms with Crippen LogP contribution < -0.4 is 5.32 Å². The van der Waals surface area contributed by atoms with Gasteiger partial charge < -0.3 is 40.3 Å². The van der Waals surface area contributed by atoms with Crippen LogP contribution in [0.25, 0.3) is 0 Å². The molecular weight excluding hydrogens is 1090 g/mol. The maximum atomic E-state index is 13.1. The predicted octanol–water partition coefficient (Wildman–Crippen LogP) is 20.6. The molecule has 6 N–H and O–H groups in total. The number of hydrogen-bond donors (Lipinski definition) is 6. The zero-order valence-electron chi connectivity index (χ0n) is 56.7. The van der Waals surface area contributed by atoms with Crippen LogP contribution in [0.15, 0.2) is 122 Å². The molecule has 1 fully saturated rings. The minimum absolute atomic E-state index is 0.191. The number of allylic oxidation sites excluding steroid dienone is 19. The highest BCUT2D eigenvalue weighted by Gasteiger charge is 2.44. The maximum absolute atomic E-state index is 13.1. The topological polar surface area (TPSA) is 149 Å². The first-order chi connectivity index (χ1) is 43.3. The van der Waals surface area contributed by atoms with Gasteiger partial charge in [0.25, 0.3) is 0 Å². The fourth-order valence-electron chi connectivity index (χ4n) is 11.1. The van der Waals surface area contributed by atoms with E-state index in [1.54, 1.807) is 6.08 Å². The van der Waals surface area contributed by atoms with Crippen molar-refractivity contribution in [1.29, 1.82) is 0 Å². The van der Waals surface area contributed by atoms with Crippen molar-refractivity contribution in [3.05, 3.63) is 122 Å². The number of carbonyl (C=O) groups is 1. The summed E-state index contributed by atoms with van der Waals surface area (Å²) >= 11 is 0. The van der Waals surface area contributed by atoms with Crippen molar-refractivity contribution in [1.82, 2.24) is 5.32 Å². The molecule has 7 atom stereocenters. The molecule has 0 radical (unpaired) electrons. The molecule has 88 heavy (non-hydrogen) atoms. The van der Waals surface area contributed by atoms with Crippen LogP contribution in [0.2, 0.25) is 0 Å². The Morgan fingerprint density at radius 1 is 0.398 bits per heavy atom. The molecule has 1 aliphatic rings. The second-order valence-corrected chi connectivity index (χ2v) is 25.0. The van der Waals surface area contributed by atoms with E-state index in [-0.39, 0.29) is 12.5 Å². The summed E-state index contributed by atoms with van der Waals surface area (Å²) in [6.45, 7) is 3.67. The van der Waals surface area contributed by atoms with E-state index >= 15 is 0 Å². The molecule has 7 unspecified atom stereocenters. The van der Waals surface area contributed by atoms with Gasteiger partial charge in [-0.1, -0.05) is 328 Å². The number of aliphatic hydroxyl groups excluding tert-OH is 5. The van der Waals surface area contributed by atoms with Crippen LogP contribution in [0, 0.1) is 0 Å². The summed E-state index contributed by atoms with van der Waals surface area (Å²) < 4.78 is 11.3. The van der Waals surface area contributed by atoms with Gasteiger partial charge in [-0.05, 0) is 103 Å². The van der Waals surface area contributed by atoms with Crippen molar-refractivity contribution in [3.8, 4) is 0 Å². The number of aliphatic hydroxyl groups is 5. The Bertz CT molecular complexity index is 1810. The number of rotatable bonds is 63. The van der Waals surface area contributed by atoms with Crippen LogP contribution in [0.5, 0.6) is 0 Å². The van der Waals surface area contributed by atoms with E-state index in [2.05, 4.69) is 129 Å². The Morgan fingerprint density at radius 3 is 1.09 bits per heavy atom. The quantitative estimate of drug-likeness (QED) is 0.0261. The summed E-state index contributed by atoms with van der Waals surface area (Å²) in [6.07, 6.45) is 93.1. The van der Waals surface area contributed by atoms with E-state index in [1.165, 1.54) is 205 Å². The van der Waals surface area contributed by atoms with E-state index in [0.717, 1.165) is 89.9 Å². The summed E-state index contributed by atoms with van der Waals surface area (Å²) in [4.78, 5) is 13.1. The molecule has 0 aliphatic carbocycles. The van der Waals surface area contributed by atoms with Crippen molar-refractivity contribution < 1.29 is 39.8 Å². The van der Waals surface area contributed by atoms with Crippen molar-refractivity contribution >= 4 is 5.91 Å². The average molecular weight is 1230 g/mol. The molecule has 1 heterocycles. The van der Waals surface area contributed by atoms with E-state index in [0.29, 0.717) is 6.42 Å². The number of nitrogens with one attached hydrogen (secondary N) is 1. The third-order valence-corrected chi connectivity index (χ3v) is 16.7. The van der Waals surface area contributed by atoms with Gasteiger partial charge in [-0.15, -0.1) is 0 Å². The smallest absolute Gasteiger partial charge is 0.220 e. The van der Waals surface area contributed by atoms with Gasteiger partial charge >= 0.3 is 0 Å². The maximum Gasteiger partial charge on any atom is 0.220 e. The van der Waals surface area contributed by atoms with Gasteiger partial charge in [0.2, 0.25) is 5.91 Å². The van der Waals surface area contributed by atoms with Gasteiger partial charge in [0, 0.05) is 6.42 Å². The fourth-order valence-corrected chi connectivity index (χ4v) is 11.1. The summed E-state index contributed by atoms with van der Waals surface area (Å²) in [7, 11) is 0. The molecular formula is C79H137NO8. The number of hydrogen-bond acceptors (Lipinski definition) is 8. The van der Waals surface area contributed by atoms with E-state index in [9.17, 15) is 30.3 Å². The highest BCUT2D eigenvalue weighted by Crippen LogP contribution is 2.23. The molecule has 9 heteroatoms. The molecule has 1 rings (SSSR count). The molecule has 1 saturated heterocycles. The van der Waals surface area contributed by atoms with Gasteiger partial charge in [0.05, 0.1) is 25.4 Å². The first kappa shape index (κ1) is 82.6. The Morgan fingerprint density at radius 2 is 0.716 bits per heavy atom. The molecule has 9 nitrogen and oxygen atoms in total. The summed E-state index contributed by atoms with van der Waals surface area (Å²) in [5.74, 6) is -0.191. The van der Waals surface area contributed by atoms with Crippen molar-refractivity contribution in [3.63, 3.8) is 0 Å². The Hall–Kier alpha value is -3.41. The first-order valence-corrected chi connectivity index (χ1v) is 36.8. The minimum Gasteiger partial charge on any atom is -0.394 e. The number of ether oxygens (including phenoxy) is 2. The first-order valence-electron chi connectivity index (χ1n) is 36.8. The highest BCUT2D eigenvalue weighted by molar-refractivity contribution is 5.76. The molecule has 0 bridgehead atoms. The van der Waals surface area contributed by atoms with Crippen molar-refractivity contribution in [2.75, 3.05) is 13.2 Å². The Balaban J connectivity index is 2.13. The third kappa shape index (κ3) is 54.3. The van der Waals surface area contributed by atoms with Gasteiger partial charge in [-0.3, -0.25) is 4.79 Å². The van der Waals surface area contributed by atoms with Crippen LogP contribution in [-0.4, -0.2) is 87.5 Å². The van der Waals surface area contributed by atoms with Gasteiger partial charge in [0.1, 0.15) is 24.4 Å². The van der Waals surface area contributed by atoms with E-state index in [1.807, 2.05) is 6.08 Å². The predicted molar refractivity (Wildman–Crippen MR) is 377 cm³/mol. The van der Waals surface area contributed by atoms with Crippen LogP contribution in [0.4, 0.5) is 0 Å². The van der Waals surface area contributed by atoms with E-state index < -0.39 is 49.5 Å². The number of amides is 1. The largest absolute Gasteiger partial charge is 0.394 e. The lowest BCUT2D eigenvalue weighted by atomic mass is 9.99. The van der Waals surface area contributed by atoms with Gasteiger partial charge in [0.15, 0.2) is 6.29 Å². The second kappa shape index (κ2) is 66.5. The molecule has 0 aromatic rings. The Kier molecular flexibility index (Phi) is 62.4. The highest BCUT2D eigenvalue weighted by atomic mass is 16.7. The summed E-state index contributed by atoms with van der Waals surface area (Å²) in [5.41, 5.74) is 0. The lowest BCUT2D eigenvalue weighted by molar-refractivity contribution is -0.302. The third-order valence-electron chi connectivity index (χ3n) is 16.7. The van der Waals surface area contributed by atoms with Crippen LogP contribution in [-0.2, 0) is 14.3 Å². The normalized spacial score (nSPS) is 18.6. The summed E-state index contributed by atoms with van der Waals surface area (Å²) in [5, 5.41) is 54.8. The molecule has 1 amide bonds.